The minimum Gasteiger partial charge on any atom is -0.508 e. The highest BCUT2D eigenvalue weighted by Gasteiger charge is 2.60. The van der Waals surface area contributed by atoms with Crippen molar-refractivity contribution in [2.75, 3.05) is 0 Å². The number of ketones is 1. The maximum absolute atomic E-state index is 11.9. The molecular formula is C19H28O3. The fourth-order valence-corrected chi connectivity index (χ4v) is 6.81. The number of carbonyl (C=O) groups is 1. The van der Waals surface area contributed by atoms with Gasteiger partial charge in [-0.25, -0.2) is 0 Å². The summed E-state index contributed by atoms with van der Waals surface area (Å²) in [6.45, 7) is 4.58. The van der Waals surface area contributed by atoms with E-state index in [0.29, 0.717) is 23.7 Å². The van der Waals surface area contributed by atoms with E-state index in [4.69, 9.17) is 0 Å². The highest BCUT2D eigenvalue weighted by Crippen LogP contribution is 2.66. The van der Waals surface area contributed by atoms with Crippen LogP contribution < -0.4 is 0 Å². The van der Waals surface area contributed by atoms with Crippen molar-refractivity contribution in [1.82, 2.24) is 0 Å². The van der Waals surface area contributed by atoms with E-state index in [-0.39, 0.29) is 28.6 Å². The summed E-state index contributed by atoms with van der Waals surface area (Å²) in [5, 5.41) is 20.7. The molecule has 2 N–H and O–H groups in total. The summed E-state index contributed by atoms with van der Waals surface area (Å²) >= 11 is 0. The fourth-order valence-electron chi connectivity index (χ4n) is 6.81. The molecule has 0 amide bonds. The van der Waals surface area contributed by atoms with Crippen molar-refractivity contribution in [3.63, 3.8) is 0 Å². The lowest BCUT2D eigenvalue weighted by Gasteiger charge is -2.58. The van der Waals surface area contributed by atoms with Crippen LogP contribution in [-0.4, -0.2) is 16.0 Å². The van der Waals surface area contributed by atoms with Gasteiger partial charge in [-0.05, 0) is 67.6 Å². The van der Waals surface area contributed by atoms with Crippen LogP contribution in [0.25, 0.3) is 0 Å². The Morgan fingerprint density at radius 2 is 1.77 bits per heavy atom. The van der Waals surface area contributed by atoms with Gasteiger partial charge in [0.15, 0.2) is 5.76 Å². The Labute approximate surface area is 132 Å². The Kier molecular flexibility index (Phi) is 3.00. The average molecular weight is 304 g/mol. The molecule has 0 aromatic carbocycles. The molecule has 4 aliphatic rings. The monoisotopic (exact) mass is 304 g/mol. The largest absolute Gasteiger partial charge is 0.508 e. The predicted molar refractivity (Wildman–Crippen MR) is 84.4 cm³/mol. The molecule has 122 valence electrons. The van der Waals surface area contributed by atoms with E-state index in [1.807, 2.05) is 0 Å². The Morgan fingerprint density at radius 1 is 1.00 bits per heavy atom. The first-order valence-corrected chi connectivity index (χ1v) is 9.04. The first-order chi connectivity index (χ1) is 10.4. The van der Waals surface area contributed by atoms with Crippen LogP contribution in [0.4, 0.5) is 0 Å². The zero-order chi connectivity index (χ0) is 15.7. The molecule has 0 radical (unpaired) electrons. The van der Waals surface area contributed by atoms with Crippen molar-refractivity contribution in [2.24, 2.45) is 34.5 Å². The SMILES string of the molecule is C[C@@]12CCC[C@H]1[C@@H]1CCC3CC(=O)C(O)=C(O)[C@]3(C)[C@H]1CC2. The quantitative estimate of drug-likeness (QED) is 0.691. The molecule has 0 aromatic heterocycles. The molecule has 6 atom stereocenters. The molecule has 1 unspecified atom stereocenters. The highest BCUT2D eigenvalue weighted by molar-refractivity contribution is 5.94. The van der Waals surface area contributed by atoms with Crippen molar-refractivity contribution in [2.45, 2.75) is 65.2 Å². The molecule has 4 aliphatic carbocycles. The smallest absolute Gasteiger partial charge is 0.200 e. The van der Waals surface area contributed by atoms with E-state index < -0.39 is 0 Å². The third-order valence-corrected chi connectivity index (χ3v) is 8.12. The summed E-state index contributed by atoms with van der Waals surface area (Å²) < 4.78 is 0. The van der Waals surface area contributed by atoms with Crippen LogP contribution >= 0.6 is 0 Å². The summed E-state index contributed by atoms with van der Waals surface area (Å²) in [5.41, 5.74) is 0.112. The molecule has 3 fully saturated rings. The van der Waals surface area contributed by atoms with Gasteiger partial charge in [-0.15, -0.1) is 0 Å². The number of hydrogen-bond acceptors (Lipinski definition) is 3. The first-order valence-electron chi connectivity index (χ1n) is 9.04. The molecule has 0 aromatic rings. The molecule has 0 spiro atoms. The second-order valence-electron chi connectivity index (χ2n) is 8.84. The molecule has 22 heavy (non-hydrogen) atoms. The minimum atomic E-state index is -0.384. The summed E-state index contributed by atoms with van der Waals surface area (Å²) in [7, 11) is 0. The number of Topliss-reactive ketones (excluding diaryl/α,β-unsaturated/α-hetero) is 1. The number of allylic oxidation sites excluding steroid dienone is 2. The van der Waals surface area contributed by atoms with Crippen molar-refractivity contribution in [3.05, 3.63) is 11.5 Å². The van der Waals surface area contributed by atoms with Gasteiger partial charge < -0.3 is 10.2 Å². The van der Waals surface area contributed by atoms with E-state index in [1.165, 1.54) is 32.1 Å². The van der Waals surface area contributed by atoms with Crippen molar-refractivity contribution >= 4 is 5.78 Å². The summed E-state index contributed by atoms with van der Waals surface area (Å²) in [6, 6.07) is 0. The van der Waals surface area contributed by atoms with Gasteiger partial charge in [0.2, 0.25) is 5.78 Å². The van der Waals surface area contributed by atoms with Crippen LogP contribution in [0, 0.1) is 34.5 Å². The first kappa shape index (κ1) is 14.6. The normalized spacial score (nSPS) is 51.3. The lowest BCUT2D eigenvalue weighted by molar-refractivity contribution is -0.131. The number of hydrogen-bond donors (Lipinski definition) is 2. The average Bonchev–Trinajstić information content (AvgIpc) is 2.89. The van der Waals surface area contributed by atoms with Crippen LogP contribution in [-0.2, 0) is 4.79 Å². The maximum atomic E-state index is 11.9. The molecule has 3 heteroatoms. The van der Waals surface area contributed by atoms with E-state index in [0.717, 1.165) is 18.8 Å². The molecule has 0 bridgehead atoms. The van der Waals surface area contributed by atoms with Crippen LogP contribution in [0.2, 0.25) is 0 Å². The predicted octanol–water partition coefficient (Wildman–Crippen LogP) is 4.54. The van der Waals surface area contributed by atoms with Gasteiger partial charge in [0.1, 0.15) is 5.76 Å². The van der Waals surface area contributed by atoms with Gasteiger partial charge in [0.25, 0.3) is 0 Å². The van der Waals surface area contributed by atoms with Crippen molar-refractivity contribution in [3.8, 4) is 0 Å². The fraction of sp³-hybridized carbons (Fsp3) is 0.842. The number of aliphatic hydroxyl groups is 2. The Hall–Kier alpha value is -0.990. The van der Waals surface area contributed by atoms with Crippen molar-refractivity contribution in [1.29, 1.82) is 0 Å². The number of rotatable bonds is 0. The van der Waals surface area contributed by atoms with Crippen LogP contribution in [0.3, 0.4) is 0 Å². The number of aliphatic hydroxyl groups excluding tert-OH is 2. The van der Waals surface area contributed by atoms with Crippen LogP contribution in [0.1, 0.15) is 65.2 Å². The third-order valence-electron chi connectivity index (χ3n) is 8.12. The van der Waals surface area contributed by atoms with E-state index in [2.05, 4.69) is 13.8 Å². The molecule has 0 aliphatic heterocycles. The minimum absolute atomic E-state index is 0.00468. The van der Waals surface area contributed by atoms with E-state index in [1.54, 1.807) is 0 Å². The zero-order valence-electron chi connectivity index (χ0n) is 13.8. The maximum Gasteiger partial charge on any atom is 0.200 e. The number of fused-ring (bicyclic) bond motifs is 5. The molecule has 0 saturated heterocycles. The van der Waals surface area contributed by atoms with Crippen molar-refractivity contribution < 1.29 is 15.0 Å². The summed E-state index contributed by atoms with van der Waals surface area (Å²) in [6.07, 6.45) is 9.03. The number of carbonyl (C=O) groups excluding carboxylic acids is 1. The van der Waals surface area contributed by atoms with Gasteiger partial charge in [-0.2, -0.15) is 0 Å². The van der Waals surface area contributed by atoms with Gasteiger partial charge in [-0.1, -0.05) is 20.3 Å². The molecular weight excluding hydrogens is 276 g/mol. The lowest BCUT2D eigenvalue weighted by atomic mass is 9.46. The van der Waals surface area contributed by atoms with E-state index >= 15 is 0 Å². The molecule has 3 saturated carbocycles. The Balaban J connectivity index is 1.75. The molecule has 4 rings (SSSR count). The van der Waals surface area contributed by atoms with Gasteiger partial charge in [-0.3, -0.25) is 4.79 Å². The van der Waals surface area contributed by atoms with Gasteiger partial charge in [0, 0.05) is 11.8 Å². The zero-order valence-corrected chi connectivity index (χ0v) is 13.8. The second kappa shape index (κ2) is 4.52. The van der Waals surface area contributed by atoms with E-state index in [9.17, 15) is 15.0 Å². The van der Waals surface area contributed by atoms with Gasteiger partial charge in [0.05, 0.1) is 0 Å². The third kappa shape index (κ3) is 1.66. The Morgan fingerprint density at radius 3 is 2.55 bits per heavy atom. The second-order valence-corrected chi connectivity index (χ2v) is 8.84. The topological polar surface area (TPSA) is 57.5 Å². The lowest BCUT2D eigenvalue weighted by Crippen LogP contribution is -2.53. The van der Waals surface area contributed by atoms with Crippen LogP contribution in [0.15, 0.2) is 11.5 Å². The summed E-state index contributed by atoms with van der Waals surface area (Å²) in [4.78, 5) is 11.9. The standard InChI is InChI=1S/C19H28O3/c1-18-8-3-4-13(18)12-6-5-11-10-15(20)16(21)17(22)19(11,2)14(12)7-9-18/h11-14,21-22H,3-10H2,1-2H3/t11?,12-,13-,14-,18-,19-/m0/s1. The highest BCUT2D eigenvalue weighted by atomic mass is 16.3. The van der Waals surface area contributed by atoms with Crippen LogP contribution in [0.5, 0.6) is 0 Å². The van der Waals surface area contributed by atoms with Gasteiger partial charge >= 0.3 is 0 Å². The summed E-state index contributed by atoms with van der Waals surface area (Å²) in [5.74, 6) is 1.46. The molecule has 3 nitrogen and oxygen atoms in total. The molecule has 0 heterocycles. The Bertz CT molecular complexity index is 551.